The number of aliphatic hydroxyl groups is 1. The van der Waals surface area contributed by atoms with Gasteiger partial charge in [-0.25, -0.2) is 4.98 Å². The van der Waals surface area contributed by atoms with Crippen molar-refractivity contribution in [3.63, 3.8) is 0 Å². The van der Waals surface area contributed by atoms with E-state index in [9.17, 15) is 5.11 Å². The quantitative estimate of drug-likeness (QED) is 0.802. The predicted molar refractivity (Wildman–Crippen MR) is 64.0 cm³/mol. The van der Waals surface area contributed by atoms with Crippen molar-refractivity contribution in [2.45, 2.75) is 19.1 Å². The van der Waals surface area contributed by atoms with E-state index in [-0.39, 0.29) is 6.10 Å². The molecule has 1 atom stereocenters. The lowest BCUT2D eigenvalue weighted by Gasteiger charge is -2.25. The van der Waals surface area contributed by atoms with Gasteiger partial charge in [0.25, 0.3) is 0 Å². The third kappa shape index (κ3) is 2.73. The highest BCUT2D eigenvalue weighted by Crippen LogP contribution is 2.12. The molecule has 4 nitrogen and oxygen atoms in total. The molecule has 2 heterocycles. The molecule has 1 aliphatic heterocycles. The van der Waals surface area contributed by atoms with E-state index >= 15 is 0 Å². The van der Waals surface area contributed by atoms with Gasteiger partial charge in [0.15, 0.2) is 0 Å². The first kappa shape index (κ1) is 11.0. The molecular weight excluding hydrogens is 202 g/mol. The Balaban J connectivity index is 1.96. The maximum atomic E-state index is 9.33. The van der Waals surface area contributed by atoms with Crippen LogP contribution in [0.2, 0.25) is 0 Å². The molecule has 0 spiro atoms. The summed E-state index contributed by atoms with van der Waals surface area (Å²) < 4.78 is 0. The Morgan fingerprint density at radius 3 is 3.00 bits per heavy atom. The molecule has 1 aromatic heterocycles. The maximum absolute atomic E-state index is 9.33. The Labute approximate surface area is 95.6 Å². The van der Waals surface area contributed by atoms with Crippen LogP contribution in [0.3, 0.4) is 0 Å². The summed E-state index contributed by atoms with van der Waals surface area (Å²) in [6.07, 6.45) is 6.20. The van der Waals surface area contributed by atoms with Gasteiger partial charge in [-0.1, -0.05) is 6.07 Å². The van der Waals surface area contributed by atoms with E-state index in [4.69, 9.17) is 0 Å². The fourth-order valence-electron chi connectivity index (χ4n) is 1.72. The molecule has 1 aliphatic rings. The molecule has 4 heteroatoms. The van der Waals surface area contributed by atoms with E-state index in [1.165, 1.54) is 5.56 Å². The molecule has 2 rings (SSSR count). The second-order valence-electron chi connectivity index (χ2n) is 3.97. The first-order valence-corrected chi connectivity index (χ1v) is 5.51. The Morgan fingerprint density at radius 1 is 1.56 bits per heavy atom. The van der Waals surface area contributed by atoms with Crippen LogP contribution in [0.4, 0.5) is 5.82 Å². The summed E-state index contributed by atoms with van der Waals surface area (Å²) in [6.45, 7) is 1.74. The van der Waals surface area contributed by atoms with Gasteiger partial charge in [-0.05, 0) is 30.3 Å². The molecule has 86 valence electrons. The molecular formula is C12H17N3O. The average molecular weight is 219 g/mol. The van der Waals surface area contributed by atoms with Crippen LogP contribution in [-0.2, 0) is 6.54 Å². The van der Waals surface area contributed by atoms with Crippen molar-refractivity contribution in [2.75, 3.05) is 18.9 Å². The minimum Gasteiger partial charge on any atom is -0.389 e. The molecule has 0 saturated heterocycles. The molecule has 0 amide bonds. The maximum Gasteiger partial charge on any atom is 0.125 e. The average Bonchev–Trinajstić information content (AvgIpc) is 2.33. The van der Waals surface area contributed by atoms with Crippen LogP contribution in [0.25, 0.3) is 0 Å². The number of pyridine rings is 1. The van der Waals surface area contributed by atoms with Gasteiger partial charge in [0.05, 0.1) is 6.10 Å². The largest absolute Gasteiger partial charge is 0.389 e. The van der Waals surface area contributed by atoms with Gasteiger partial charge in [0, 0.05) is 26.3 Å². The van der Waals surface area contributed by atoms with Crippen molar-refractivity contribution in [3.05, 3.63) is 36.2 Å². The Kier molecular flexibility index (Phi) is 3.41. The van der Waals surface area contributed by atoms with Crippen molar-refractivity contribution < 1.29 is 5.11 Å². The summed E-state index contributed by atoms with van der Waals surface area (Å²) >= 11 is 0. The minimum atomic E-state index is -0.277. The summed E-state index contributed by atoms with van der Waals surface area (Å²) in [6, 6.07) is 4.04. The zero-order valence-corrected chi connectivity index (χ0v) is 9.43. The molecule has 2 N–H and O–H groups in total. The summed E-state index contributed by atoms with van der Waals surface area (Å²) in [5, 5.41) is 12.3. The molecule has 0 saturated carbocycles. The highest BCUT2D eigenvalue weighted by atomic mass is 16.3. The molecule has 0 aromatic carbocycles. The van der Waals surface area contributed by atoms with Crippen molar-refractivity contribution in [1.29, 1.82) is 0 Å². The number of aliphatic hydroxyl groups excluding tert-OH is 1. The number of hydrogen-bond acceptors (Lipinski definition) is 4. The fraction of sp³-hybridized carbons (Fsp3) is 0.417. The van der Waals surface area contributed by atoms with Crippen molar-refractivity contribution in [3.8, 4) is 0 Å². The van der Waals surface area contributed by atoms with E-state index in [0.29, 0.717) is 0 Å². The molecule has 0 bridgehead atoms. The lowest BCUT2D eigenvalue weighted by Crippen LogP contribution is -2.26. The van der Waals surface area contributed by atoms with Gasteiger partial charge < -0.3 is 15.3 Å². The van der Waals surface area contributed by atoms with Gasteiger partial charge in [-0.15, -0.1) is 0 Å². The minimum absolute atomic E-state index is 0.277. The Hall–Kier alpha value is -1.55. The molecule has 0 fully saturated rings. The number of rotatable bonds is 3. The zero-order valence-electron chi connectivity index (χ0n) is 9.43. The number of anilines is 1. The Bertz CT molecular complexity index is 361. The van der Waals surface area contributed by atoms with Crippen LogP contribution >= 0.6 is 0 Å². The van der Waals surface area contributed by atoms with Crippen LogP contribution in [0, 0.1) is 0 Å². The molecule has 1 unspecified atom stereocenters. The highest BCUT2D eigenvalue weighted by molar-refractivity contribution is 5.34. The fourth-order valence-corrected chi connectivity index (χ4v) is 1.72. The van der Waals surface area contributed by atoms with Gasteiger partial charge >= 0.3 is 0 Å². The van der Waals surface area contributed by atoms with Crippen molar-refractivity contribution in [1.82, 2.24) is 9.88 Å². The molecule has 0 aliphatic carbocycles. The van der Waals surface area contributed by atoms with Gasteiger partial charge in [-0.3, -0.25) is 0 Å². The highest BCUT2D eigenvalue weighted by Gasteiger charge is 2.10. The number of nitrogens with one attached hydrogen (secondary N) is 1. The SMILES string of the molecule is CNc1ccc(CN2C=CC(O)CC2)cn1. The standard InChI is InChI=1S/C12H17N3O/c1-13-12-3-2-10(8-14-12)9-15-6-4-11(16)5-7-15/h2-4,6,8,11,16H,5,7,9H2,1H3,(H,13,14). The van der Waals surface area contributed by atoms with Gasteiger partial charge in [0.1, 0.15) is 5.82 Å². The summed E-state index contributed by atoms with van der Waals surface area (Å²) in [5.41, 5.74) is 1.18. The smallest absolute Gasteiger partial charge is 0.125 e. The first-order valence-electron chi connectivity index (χ1n) is 5.51. The Morgan fingerprint density at radius 2 is 2.44 bits per heavy atom. The number of hydrogen-bond donors (Lipinski definition) is 2. The van der Waals surface area contributed by atoms with Crippen molar-refractivity contribution >= 4 is 5.82 Å². The monoisotopic (exact) mass is 219 g/mol. The summed E-state index contributed by atoms with van der Waals surface area (Å²) in [4.78, 5) is 6.45. The third-order valence-corrected chi connectivity index (χ3v) is 2.70. The predicted octanol–water partition coefficient (Wildman–Crippen LogP) is 1.20. The second-order valence-corrected chi connectivity index (χ2v) is 3.97. The molecule has 0 radical (unpaired) electrons. The zero-order chi connectivity index (χ0) is 11.4. The normalized spacial score (nSPS) is 19.9. The van der Waals surface area contributed by atoms with E-state index in [2.05, 4.69) is 21.3 Å². The van der Waals surface area contributed by atoms with Crippen LogP contribution in [0.1, 0.15) is 12.0 Å². The first-order chi connectivity index (χ1) is 7.78. The van der Waals surface area contributed by atoms with E-state index < -0.39 is 0 Å². The van der Waals surface area contributed by atoms with Crippen LogP contribution in [0.15, 0.2) is 30.6 Å². The van der Waals surface area contributed by atoms with E-state index in [1.807, 2.05) is 31.6 Å². The van der Waals surface area contributed by atoms with Gasteiger partial charge in [0.2, 0.25) is 0 Å². The van der Waals surface area contributed by atoms with E-state index in [1.54, 1.807) is 0 Å². The van der Waals surface area contributed by atoms with E-state index in [0.717, 1.165) is 25.3 Å². The lowest BCUT2D eigenvalue weighted by molar-refractivity contribution is 0.175. The summed E-state index contributed by atoms with van der Waals surface area (Å²) in [5.74, 6) is 0.883. The van der Waals surface area contributed by atoms with Crippen LogP contribution in [-0.4, -0.2) is 34.7 Å². The molecule has 16 heavy (non-hydrogen) atoms. The molecule has 1 aromatic rings. The third-order valence-electron chi connectivity index (χ3n) is 2.70. The topological polar surface area (TPSA) is 48.4 Å². The van der Waals surface area contributed by atoms with Gasteiger partial charge in [-0.2, -0.15) is 0 Å². The second kappa shape index (κ2) is 4.99. The number of aromatic nitrogens is 1. The van der Waals surface area contributed by atoms with Crippen LogP contribution in [0.5, 0.6) is 0 Å². The number of nitrogens with zero attached hydrogens (tertiary/aromatic N) is 2. The van der Waals surface area contributed by atoms with Crippen molar-refractivity contribution in [2.24, 2.45) is 0 Å². The lowest BCUT2D eigenvalue weighted by atomic mass is 10.1. The summed E-state index contributed by atoms with van der Waals surface area (Å²) in [7, 11) is 1.86. The van der Waals surface area contributed by atoms with Crippen LogP contribution < -0.4 is 5.32 Å².